The number of aromatic nitrogens is 1. The Balaban J connectivity index is 2.18. The summed E-state index contributed by atoms with van der Waals surface area (Å²) >= 11 is 6.11. The molecule has 6 nitrogen and oxygen atoms in total. The summed E-state index contributed by atoms with van der Waals surface area (Å²) in [6.07, 6.45) is 3.15. The molecular weight excluding hydrogens is 330 g/mol. The largest absolute Gasteiger partial charge is 0.495 e. The number of nitrogens with one attached hydrogen (secondary N) is 2. The molecule has 1 amide bonds. The van der Waals surface area contributed by atoms with E-state index in [1.807, 2.05) is 13.0 Å². The Hall–Kier alpha value is -2.31. The van der Waals surface area contributed by atoms with Gasteiger partial charge in [-0.05, 0) is 24.6 Å². The van der Waals surface area contributed by atoms with Crippen molar-refractivity contribution in [2.24, 2.45) is 0 Å². The van der Waals surface area contributed by atoms with Crippen molar-refractivity contribution in [1.29, 1.82) is 0 Å². The summed E-state index contributed by atoms with van der Waals surface area (Å²) in [6, 6.07) is 5.35. The quantitative estimate of drug-likeness (QED) is 0.751. The lowest BCUT2D eigenvalue weighted by atomic mass is 10.2. The smallest absolute Gasteiger partial charge is 0.253 e. The van der Waals surface area contributed by atoms with Crippen molar-refractivity contribution < 1.29 is 14.3 Å². The lowest BCUT2D eigenvalue weighted by molar-refractivity contribution is 0.0937. The van der Waals surface area contributed by atoms with Crippen molar-refractivity contribution in [3.8, 4) is 5.75 Å². The summed E-state index contributed by atoms with van der Waals surface area (Å²) in [6.45, 7) is 2.81. The van der Waals surface area contributed by atoms with Crippen molar-refractivity contribution in [1.82, 2.24) is 10.3 Å². The van der Waals surface area contributed by atoms with Crippen LogP contribution in [0.4, 0.5) is 11.4 Å². The summed E-state index contributed by atoms with van der Waals surface area (Å²) in [7, 11) is 3.16. The summed E-state index contributed by atoms with van der Waals surface area (Å²) in [5.74, 6) is 0.406. The lowest BCUT2D eigenvalue weighted by Gasteiger charge is -2.13. The zero-order valence-electron chi connectivity index (χ0n) is 13.9. The third-order valence-electron chi connectivity index (χ3n) is 3.35. The van der Waals surface area contributed by atoms with Crippen LogP contribution < -0.4 is 15.4 Å². The van der Waals surface area contributed by atoms with Crippen LogP contribution in [0.25, 0.3) is 0 Å². The van der Waals surface area contributed by atoms with Crippen molar-refractivity contribution in [3.05, 3.63) is 46.7 Å². The number of pyridine rings is 1. The van der Waals surface area contributed by atoms with E-state index in [4.69, 9.17) is 21.1 Å². The van der Waals surface area contributed by atoms with Crippen LogP contribution in [0, 0.1) is 6.92 Å². The van der Waals surface area contributed by atoms with Crippen LogP contribution in [0.5, 0.6) is 5.75 Å². The number of anilines is 2. The fraction of sp³-hybridized carbons (Fsp3) is 0.294. The first-order valence-electron chi connectivity index (χ1n) is 7.38. The van der Waals surface area contributed by atoms with Gasteiger partial charge in [0.1, 0.15) is 5.75 Å². The molecule has 128 valence electrons. The molecule has 0 aliphatic rings. The summed E-state index contributed by atoms with van der Waals surface area (Å²) < 4.78 is 10.2. The fourth-order valence-electron chi connectivity index (χ4n) is 2.09. The molecule has 2 N–H and O–H groups in total. The molecule has 1 aromatic heterocycles. The predicted octanol–water partition coefficient (Wildman–Crippen LogP) is 3.17. The number of benzene rings is 1. The first kappa shape index (κ1) is 18.0. The molecule has 0 saturated heterocycles. The highest BCUT2D eigenvalue weighted by atomic mass is 35.5. The Labute approximate surface area is 146 Å². The van der Waals surface area contributed by atoms with Crippen LogP contribution >= 0.6 is 11.6 Å². The number of nitrogens with zero attached hydrogens (tertiary/aromatic N) is 1. The molecule has 2 rings (SSSR count). The van der Waals surface area contributed by atoms with Crippen LogP contribution in [0.15, 0.2) is 30.6 Å². The molecule has 0 saturated carbocycles. The van der Waals surface area contributed by atoms with Crippen LogP contribution in [0.3, 0.4) is 0 Å². The monoisotopic (exact) mass is 349 g/mol. The first-order chi connectivity index (χ1) is 11.5. The van der Waals surface area contributed by atoms with Crippen molar-refractivity contribution in [2.75, 3.05) is 32.7 Å². The van der Waals surface area contributed by atoms with E-state index < -0.39 is 0 Å². The van der Waals surface area contributed by atoms with E-state index >= 15 is 0 Å². The minimum atomic E-state index is -0.206. The third-order valence-corrected chi connectivity index (χ3v) is 3.76. The highest BCUT2D eigenvalue weighted by Gasteiger charge is 2.10. The summed E-state index contributed by atoms with van der Waals surface area (Å²) in [5, 5.41) is 6.59. The number of methoxy groups -OCH3 is 2. The zero-order chi connectivity index (χ0) is 17.5. The van der Waals surface area contributed by atoms with Gasteiger partial charge >= 0.3 is 0 Å². The molecule has 0 spiro atoms. The highest BCUT2D eigenvalue weighted by Crippen LogP contribution is 2.33. The Kier molecular flexibility index (Phi) is 6.40. The van der Waals surface area contributed by atoms with Gasteiger partial charge in [0.05, 0.1) is 36.9 Å². The van der Waals surface area contributed by atoms with E-state index in [2.05, 4.69) is 15.6 Å². The van der Waals surface area contributed by atoms with Gasteiger partial charge in [-0.1, -0.05) is 11.6 Å². The molecule has 0 unspecified atom stereocenters. The van der Waals surface area contributed by atoms with Crippen LogP contribution in [0.1, 0.15) is 15.9 Å². The van der Waals surface area contributed by atoms with E-state index in [0.29, 0.717) is 35.2 Å². The molecule has 1 aromatic carbocycles. The third kappa shape index (κ3) is 4.59. The second-order valence-corrected chi connectivity index (χ2v) is 5.54. The summed E-state index contributed by atoms with van der Waals surface area (Å²) in [4.78, 5) is 16.2. The maximum atomic E-state index is 12.1. The number of hydrogen-bond donors (Lipinski definition) is 2. The number of carbonyl (C=O) groups is 1. The molecule has 0 aliphatic carbocycles. The van der Waals surface area contributed by atoms with Gasteiger partial charge in [-0.3, -0.25) is 9.78 Å². The van der Waals surface area contributed by atoms with Crippen LogP contribution in [-0.2, 0) is 4.74 Å². The first-order valence-corrected chi connectivity index (χ1v) is 7.76. The van der Waals surface area contributed by atoms with E-state index in [1.165, 1.54) is 6.20 Å². The SMILES string of the molecule is COCCNC(=O)c1cncc(Nc2cc(C)c(Cl)cc2OC)c1. The van der Waals surface area contributed by atoms with Gasteiger partial charge in [-0.2, -0.15) is 0 Å². The van der Waals surface area contributed by atoms with E-state index in [1.54, 1.807) is 32.5 Å². The number of aryl methyl sites for hydroxylation is 1. The molecule has 0 aliphatic heterocycles. The molecule has 0 atom stereocenters. The van der Waals surface area contributed by atoms with Crippen molar-refractivity contribution in [2.45, 2.75) is 6.92 Å². The van der Waals surface area contributed by atoms with Gasteiger partial charge in [0.25, 0.3) is 5.91 Å². The molecule has 0 radical (unpaired) electrons. The number of ether oxygens (including phenoxy) is 2. The molecule has 0 fully saturated rings. The van der Waals surface area contributed by atoms with Gasteiger partial charge in [0.2, 0.25) is 0 Å². The average molecular weight is 350 g/mol. The second kappa shape index (κ2) is 8.52. The van der Waals surface area contributed by atoms with Crippen LogP contribution in [-0.4, -0.2) is 38.3 Å². The predicted molar refractivity (Wildman–Crippen MR) is 94.5 cm³/mol. The topological polar surface area (TPSA) is 72.5 Å². The number of hydrogen-bond acceptors (Lipinski definition) is 5. The Morgan fingerprint density at radius 3 is 2.75 bits per heavy atom. The number of halogens is 1. The lowest BCUT2D eigenvalue weighted by Crippen LogP contribution is -2.27. The molecule has 1 heterocycles. The van der Waals surface area contributed by atoms with Crippen LogP contribution in [0.2, 0.25) is 5.02 Å². The Morgan fingerprint density at radius 1 is 1.25 bits per heavy atom. The number of amides is 1. The maximum Gasteiger partial charge on any atom is 0.253 e. The van der Waals surface area contributed by atoms with Crippen molar-refractivity contribution >= 4 is 28.9 Å². The standard InChI is InChI=1S/C17H20ClN3O3/c1-11-6-15(16(24-3)8-14(11)18)21-13-7-12(9-19-10-13)17(22)20-4-5-23-2/h6-10,21H,4-5H2,1-3H3,(H,20,22). The zero-order valence-corrected chi connectivity index (χ0v) is 14.6. The number of rotatable bonds is 7. The average Bonchev–Trinajstić information content (AvgIpc) is 2.58. The molecule has 7 heteroatoms. The molecule has 0 bridgehead atoms. The van der Waals surface area contributed by atoms with Gasteiger partial charge in [-0.15, -0.1) is 0 Å². The summed E-state index contributed by atoms with van der Waals surface area (Å²) in [5.41, 5.74) is 2.80. The minimum Gasteiger partial charge on any atom is -0.495 e. The van der Waals surface area contributed by atoms with Crippen molar-refractivity contribution in [3.63, 3.8) is 0 Å². The number of carbonyl (C=O) groups excluding carboxylic acids is 1. The van der Waals surface area contributed by atoms with Gasteiger partial charge in [0, 0.05) is 30.9 Å². The fourth-order valence-corrected chi connectivity index (χ4v) is 2.24. The van der Waals surface area contributed by atoms with Gasteiger partial charge in [-0.25, -0.2) is 0 Å². The van der Waals surface area contributed by atoms with Gasteiger partial charge < -0.3 is 20.1 Å². The second-order valence-electron chi connectivity index (χ2n) is 5.14. The van der Waals surface area contributed by atoms with Gasteiger partial charge in [0.15, 0.2) is 0 Å². The Morgan fingerprint density at radius 2 is 2.04 bits per heavy atom. The van der Waals surface area contributed by atoms with E-state index in [9.17, 15) is 4.79 Å². The van der Waals surface area contributed by atoms with E-state index in [-0.39, 0.29) is 5.91 Å². The normalized spacial score (nSPS) is 10.3. The highest BCUT2D eigenvalue weighted by molar-refractivity contribution is 6.31. The maximum absolute atomic E-state index is 12.1. The minimum absolute atomic E-state index is 0.206. The molecule has 2 aromatic rings. The molecular formula is C17H20ClN3O3. The Bertz CT molecular complexity index is 722. The molecule has 24 heavy (non-hydrogen) atoms. The van der Waals surface area contributed by atoms with E-state index in [0.717, 1.165) is 11.3 Å².